The second kappa shape index (κ2) is 7.68. The first-order valence-electron chi connectivity index (χ1n) is 5.66. The monoisotopic (exact) mass is 440 g/mol. The third kappa shape index (κ3) is 5.77. The maximum Gasteiger partial charge on any atom is 0.319 e. The Morgan fingerprint density at radius 2 is 2.16 bits per heavy atom. The number of rotatable bonds is 5. The smallest absolute Gasteiger partial charge is 0.319 e. The summed E-state index contributed by atoms with van der Waals surface area (Å²) in [6.45, 7) is 1.83. The standard InChI is InChI=1S/C12H14BrIN2O3/c1-2-8(6-11(17)18)15-12(19)16-10-5-7(14)3-4-9(10)13/h3-5,8H,2,6H2,1H3,(H,17,18)(H2,15,16,19). The maximum absolute atomic E-state index is 11.8. The molecule has 2 amide bonds. The molecule has 1 unspecified atom stereocenters. The highest BCUT2D eigenvalue weighted by Crippen LogP contribution is 2.24. The van der Waals surface area contributed by atoms with Crippen molar-refractivity contribution in [2.75, 3.05) is 5.32 Å². The van der Waals surface area contributed by atoms with E-state index in [1.807, 2.05) is 25.1 Å². The molecule has 19 heavy (non-hydrogen) atoms. The van der Waals surface area contributed by atoms with Crippen LogP contribution in [-0.4, -0.2) is 23.1 Å². The van der Waals surface area contributed by atoms with Gasteiger partial charge in [-0.2, -0.15) is 0 Å². The van der Waals surface area contributed by atoms with Crippen LogP contribution in [0.3, 0.4) is 0 Å². The molecule has 0 fully saturated rings. The fourth-order valence-corrected chi connectivity index (χ4v) is 2.28. The third-order valence-electron chi connectivity index (χ3n) is 2.43. The van der Waals surface area contributed by atoms with E-state index in [-0.39, 0.29) is 12.5 Å². The number of carboxylic acids is 1. The summed E-state index contributed by atoms with van der Waals surface area (Å²) in [5, 5.41) is 14.1. The van der Waals surface area contributed by atoms with Crippen LogP contribution in [0.4, 0.5) is 10.5 Å². The van der Waals surface area contributed by atoms with Crippen molar-refractivity contribution in [3.8, 4) is 0 Å². The zero-order valence-corrected chi connectivity index (χ0v) is 14.0. The Balaban J connectivity index is 2.63. The summed E-state index contributed by atoms with van der Waals surface area (Å²) in [5.41, 5.74) is 0.648. The molecule has 0 aliphatic rings. The molecule has 3 N–H and O–H groups in total. The molecule has 7 heteroatoms. The van der Waals surface area contributed by atoms with Crippen molar-refractivity contribution in [1.82, 2.24) is 5.32 Å². The van der Waals surface area contributed by atoms with Crippen molar-refractivity contribution in [1.29, 1.82) is 0 Å². The molecule has 1 aromatic rings. The summed E-state index contributed by atoms with van der Waals surface area (Å²) in [4.78, 5) is 22.4. The van der Waals surface area contributed by atoms with E-state index in [1.165, 1.54) is 0 Å². The number of aliphatic carboxylic acids is 1. The molecule has 104 valence electrons. The van der Waals surface area contributed by atoms with E-state index in [9.17, 15) is 9.59 Å². The number of carboxylic acid groups (broad SMARTS) is 1. The minimum absolute atomic E-state index is 0.0859. The van der Waals surface area contributed by atoms with Crippen molar-refractivity contribution in [3.05, 3.63) is 26.2 Å². The van der Waals surface area contributed by atoms with Crippen molar-refractivity contribution in [2.24, 2.45) is 0 Å². The quantitative estimate of drug-likeness (QED) is 0.614. The summed E-state index contributed by atoms with van der Waals surface area (Å²) in [6.07, 6.45) is 0.477. The first-order valence-corrected chi connectivity index (χ1v) is 7.54. The van der Waals surface area contributed by atoms with Gasteiger partial charge in [-0.1, -0.05) is 6.92 Å². The number of amides is 2. The molecule has 0 spiro atoms. The summed E-state index contributed by atoms with van der Waals surface area (Å²) >= 11 is 5.49. The van der Waals surface area contributed by atoms with Gasteiger partial charge in [0.05, 0.1) is 12.1 Å². The second-order valence-electron chi connectivity index (χ2n) is 3.93. The molecule has 0 aromatic heterocycles. The van der Waals surface area contributed by atoms with Crippen LogP contribution in [-0.2, 0) is 4.79 Å². The number of hydrogen-bond donors (Lipinski definition) is 3. The minimum atomic E-state index is -0.928. The van der Waals surface area contributed by atoms with Gasteiger partial charge in [-0.05, 0) is 63.1 Å². The number of hydrogen-bond acceptors (Lipinski definition) is 2. The van der Waals surface area contributed by atoms with Gasteiger partial charge in [-0.25, -0.2) is 4.79 Å². The van der Waals surface area contributed by atoms with E-state index >= 15 is 0 Å². The van der Waals surface area contributed by atoms with Gasteiger partial charge < -0.3 is 15.7 Å². The van der Waals surface area contributed by atoms with Crippen LogP contribution in [0.5, 0.6) is 0 Å². The van der Waals surface area contributed by atoms with Crippen molar-refractivity contribution in [2.45, 2.75) is 25.8 Å². The van der Waals surface area contributed by atoms with Gasteiger partial charge in [0, 0.05) is 14.1 Å². The van der Waals surface area contributed by atoms with Crippen molar-refractivity contribution < 1.29 is 14.7 Å². The van der Waals surface area contributed by atoms with E-state index < -0.39 is 12.0 Å². The first-order chi connectivity index (χ1) is 8.92. The van der Waals surface area contributed by atoms with Gasteiger partial charge in [-0.3, -0.25) is 4.79 Å². The molecule has 0 bridgehead atoms. The molecule has 0 saturated heterocycles. The van der Waals surface area contributed by atoms with E-state index in [2.05, 4.69) is 49.2 Å². The van der Waals surface area contributed by atoms with Crippen LogP contribution < -0.4 is 10.6 Å². The van der Waals surface area contributed by atoms with Crippen LogP contribution in [0.15, 0.2) is 22.7 Å². The fraction of sp³-hybridized carbons (Fsp3) is 0.333. The van der Waals surface area contributed by atoms with E-state index in [1.54, 1.807) is 0 Å². The lowest BCUT2D eigenvalue weighted by Crippen LogP contribution is -2.38. The highest BCUT2D eigenvalue weighted by molar-refractivity contribution is 14.1. The predicted molar refractivity (Wildman–Crippen MR) is 85.3 cm³/mol. The average molecular weight is 441 g/mol. The number of halogens is 2. The second-order valence-corrected chi connectivity index (χ2v) is 6.03. The third-order valence-corrected chi connectivity index (χ3v) is 3.79. The number of urea groups is 1. The average Bonchev–Trinajstić information content (AvgIpc) is 2.32. The summed E-state index contributed by atoms with van der Waals surface area (Å²) in [7, 11) is 0. The van der Waals surface area contributed by atoms with E-state index in [0.717, 1.165) is 8.04 Å². The number of carbonyl (C=O) groups excluding carboxylic acids is 1. The molecular formula is C12H14BrIN2O3. The first kappa shape index (κ1) is 16.2. The van der Waals surface area contributed by atoms with E-state index in [4.69, 9.17) is 5.11 Å². The Kier molecular flexibility index (Phi) is 6.56. The molecule has 1 atom stereocenters. The molecule has 5 nitrogen and oxygen atoms in total. The minimum Gasteiger partial charge on any atom is -0.481 e. The summed E-state index contributed by atoms with van der Waals surface area (Å²) in [6, 6.07) is 4.79. The number of anilines is 1. The lowest BCUT2D eigenvalue weighted by molar-refractivity contribution is -0.137. The van der Waals surface area contributed by atoms with Gasteiger partial charge >= 0.3 is 12.0 Å². The molecule has 1 aromatic carbocycles. The van der Waals surface area contributed by atoms with Gasteiger partial charge in [-0.15, -0.1) is 0 Å². The molecule has 0 aliphatic carbocycles. The predicted octanol–water partition coefficient (Wildman–Crippen LogP) is 3.43. The van der Waals surface area contributed by atoms with Crippen molar-refractivity contribution >= 4 is 56.2 Å². The number of carbonyl (C=O) groups is 2. The van der Waals surface area contributed by atoms with Crippen LogP contribution in [0.25, 0.3) is 0 Å². The Labute approximate surface area is 133 Å². The lowest BCUT2D eigenvalue weighted by atomic mass is 10.1. The largest absolute Gasteiger partial charge is 0.481 e. The van der Waals surface area contributed by atoms with Crippen LogP contribution >= 0.6 is 38.5 Å². The van der Waals surface area contributed by atoms with Gasteiger partial charge in [0.1, 0.15) is 0 Å². The Hall–Kier alpha value is -0.830. The molecule has 0 radical (unpaired) electrons. The number of benzene rings is 1. The number of nitrogens with one attached hydrogen (secondary N) is 2. The van der Waals surface area contributed by atoms with Gasteiger partial charge in [0.25, 0.3) is 0 Å². The van der Waals surface area contributed by atoms with Crippen LogP contribution in [0, 0.1) is 3.57 Å². The SMILES string of the molecule is CCC(CC(=O)O)NC(=O)Nc1cc(I)ccc1Br. The topological polar surface area (TPSA) is 78.4 Å². The summed E-state index contributed by atoms with van der Waals surface area (Å²) in [5.74, 6) is -0.928. The molecule has 0 saturated carbocycles. The van der Waals surface area contributed by atoms with E-state index in [0.29, 0.717) is 12.1 Å². The maximum atomic E-state index is 11.8. The Morgan fingerprint density at radius 1 is 1.47 bits per heavy atom. The molecule has 0 heterocycles. The Morgan fingerprint density at radius 3 is 2.74 bits per heavy atom. The zero-order valence-electron chi connectivity index (χ0n) is 10.2. The van der Waals surface area contributed by atoms with Crippen LogP contribution in [0.1, 0.15) is 19.8 Å². The molecular weight excluding hydrogens is 427 g/mol. The normalized spacial score (nSPS) is 11.7. The fourth-order valence-electron chi connectivity index (χ4n) is 1.45. The zero-order chi connectivity index (χ0) is 14.4. The molecule has 0 aliphatic heterocycles. The highest BCUT2D eigenvalue weighted by atomic mass is 127. The summed E-state index contributed by atoms with van der Waals surface area (Å²) < 4.78 is 1.77. The Bertz CT molecular complexity index is 482. The molecule has 1 rings (SSSR count). The van der Waals surface area contributed by atoms with Gasteiger partial charge in [0.2, 0.25) is 0 Å². The van der Waals surface area contributed by atoms with Crippen LogP contribution in [0.2, 0.25) is 0 Å². The lowest BCUT2D eigenvalue weighted by Gasteiger charge is -2.16. The highest BCUT2D eigenvalue weighted by Gasteiger charge is 2.14. The van der Waals surface area contributed by atoms with Gasteiger partial charge in [0.15, 0.2) is 0 Å². The van der Waals surface area contributed by atoms with Crippen molar-refractivity contribution in [3.63, 3.8) is 0 Å².